The van der Waals surface area contributed by atoms with E-state index in [-0.39, 0.29) is 5.56 Å². The number of nitrogens with one attached hydrogen (secondary N) is 1. The van der Waals surface area contributed by atoms with Crippen molar-refractivity contribution in [3.8, 4) is 17.7 Å². The van der Waals surface area contributed by atoms with Crippen LogP contribution in [-0.4, -0.2) is 35.6 Å². The molecule has 4 heterocycles. The second-order valence-electron chi connectivity index (χ2n) is 6.84. The van der Waals surface area contributed by atoms with Crippen LogP contribution >= 0.6 is 0 Å². The number of aromatic nitrogens is 5. The first-order valence-electron chi connectivity index (χ1n) is 9.20. The molecule has 2 N–H and O–H groups in total. The number of pyridine rings is 3. The van der Waals surface area contributed by atoms with Gasteiger partial charge in [0.1, 0.15) is 23.1 Å². The summed E-state index contributed by atoms with van der Waals surface area (Å²) < 4.78 is 7.68. The lowest BCUT2D eigenvalue weighted by atomic mass is 10.2. The van der Waals surface area contributed by atoms with Crippen LogP contribution in [0.3, 0.4) is 0 Å². The fourth-order valence-electron chi connectivity index (χ4n) is 3.04. The first-order chi connectivity index (χ1) is 14.9. The monoisotopic (exact) mass is 415 g/mol. The number of fused-ring (bicyclic) bond motifs is 1. The van der Waals surface area contributed by atoms with E-state index in [0.29, 0.717) is 45.7 Å². The molecule has 0 fully saturated rings. The number of aryl methyl sites for hydroxylation is 3. The molecule has 10 nitrogen and oxygen atoms in total. The number of rotatable bonds is 5. The van der Waals surface area contributed by atoms with Gasteiger partial charge in [-0.05, 0) is 37.6 Å². The predicted molar refractivity (Wildman–Crippen MR) is 111 cm³/mol. The number of carbonyl (C=O) groups is 1. The van der Waals surface area contributed by atoms with Crippen molar-refractivity contribution >= 4 is 28.6 Å². The molecule has 0 aliphatic rings. The summed E-state index contributed by atoms with van der Waals surface area (Å²) in [7, 11) is 1.81. The van der Waals surface area contributed by atoms with E-state index in [1.54, 1.807) is 36.0 Å². The van der Waals surface area contributed by atoms with Crippen molar-refractivity contribution in [3.63, 3.8) is 0 Å². The molecule has 0 aromatic carbocycles. The van der Waals surface area contributed by atoms with Crippen molar-refractivity contribution < 1.29 is 14.6 Å². The highest BCUT2D eigenvalue weighted by Gasteiger charge is 2.15. The Morgan fingerprint density at radius 3 is 2.71 bits per heavy atom. The Kier molecular flexibility index (Phi) is 4.92. The number of anilines is 2. The van der Waals surface area contributed by atoms with Crippen molar-refractivity contribution in [2.75, 3.05) is 5.32 Å². The maximum atomic E-state index is 11.2. The largest absolute Gasteiger partial charge is 0.478 e. The van der Waals surface area contributed by atoms with E-state index in [1.165, 1.54) is 12.3 Å². The molecule has 0 spiro atoms. The second kappa shape index (κ2) is 7.72. The van der Waals surface area contributed by atoms with Gasteiger partial charge < -0.3 is 19.7 Å². The topological polar surface area (TPSA) is 139 Å². The minimum Gasteiger partial charge on any atom is -0.478 e. The number of nitrogens with zero attached hydrogens (tertiary/aromatic N) is 6. The SMILES string of the molecule is Cc1cc(C#N)ncc1Oc1cc(Nc2ccc(C(=O)O)c(C)n2)c2ncn(C)c2n1. The number of carboxylic acids is 1. The summed E-state index contributed by atoms with van der Waals surface area (Å²) in [6, 6.07) is 8.38. The first kappa shape index (κ1) is 19.8. The molecule has 0 unspecified atom stereocenters. The summed E-state index contributed by atoms with van der Waals surface area (Å²) in [5, 5.41) is 21.4. The molecule has 0 aliphatic heterocycles. The highest BCUT2D eigenvalue weighted by Crippen LogP contribution is 2.31. The maximum absolute atomic E-state index is 11.2. The summed E-state index contributed by atoms with van der Waals surface area (Å²) in [5.41, 5.74) is 3.35. The van der Waals surface area contributed by atoms with E-state index in [9.17, 15) is 9.90 Å². The van der Waals surface area contributed by atoms with Crippen LogP contribution in [0.4, 0.5) is 11.5 Å². The van der Waals surface area contributed by atoms with E-state index < -0.39 is 5.97 Å². The van der Waals surface area contributed by atoms with Crippen molar-refractivity contribution in [2.45, 2.75) is 13.8 Å². The number of carboxylic acid groups (broad SMARTS) is 1. The molecule has 154 valence electrons. The Labute approximate surface area is 176 Å². The number of hydrogen-bond acceptors (Lipinski definition) is 8. The van der Waals surface area contributed by atoms with Gasteiger partial charge in [-0.1, -0.05) is 0 Å². The molecular weight excluding hydrogens is 398 g/mol. The third kappa shape index (κ3) is 3.84. The van der Waals surface area contributed by atoms with Crippen LogP contribution < -0.4 is 10.1 Å². The summed E-state index contributed by atoms with van der Waals surface area (Å²) in [6.45, 7) is 3.45. The van der Waals surface area contributed by atoms with Gasteiger partial charge in [0.05, 0.1) is 29.5 Å². The van der Waals surface area contributed by atoms with Gasteiger partial charge in [-0.2, -0.15) is 10.2 Å². The Balaban J connectivity index is 1.73. The molecule has 31 heavy (non-hydrogen) atoms. The zero-order valence-corrected chi connectivity index (χ0v) is 16.9. The first-order valence-corrected chi connectivity index (χ1v) is 9.20. The van der Waals surface area contributed by atoms with Gasteiger partial charge in [0.15, 0.2) is 11.4 Å². The average molecular weight is 415 g/mol. The average Bonchev–Trinajstić information content (AvgIpc) is 3.10. The molecule has 0 saturated heterocycles. The third-order valence-electron chi connectivity index (χ3n) is 4.62. The number of hydrogen-bond donors (Lipinski definition) is 2. The van der Waals surface area contributed by atoms with E-state index in [0.717, 1.165) is 5.56 Å². The zero-order valence-electron chi connectivity index (χ0n) is 16.9. The molecule has 0 radical (unpaired) electrons. The van der Waals surface area contributed by atoms with Crippen molar-refractivity contribution in [1.82, 2.24) is 24.5 Å². The smallest absolute Gasteiger partial charge is 0.337 e. The molecule has 10 heteroatoms. The van der Waals surface area contributed by atoms with Gasteiger partial charge in [-0.3, -0.25) is 0 Å². The third-order valence-corrected chi connectivity index (χ3v) is 4.62. The summed E-state index contributed by atoms with van der Waals surface area (Å²) in [5.74, 6) is 0.198. The fourth-order valence-corrected chi connectivity index (χ4v) is 3.04. The molecule has 4 aromatic heterocycles. The normalized spacial score (nSPS) is 10.6. The summed E-state index contributed by atoms with van der Waals surface area (Å²) in [6.07, 6.45) is 3.11. The van der Waals surface area contributed by atoms with Gasteiger partial charge >= 0.3 is 5.97 Å². The zero-order chi connectivity index (χ0) is 22.1. The van der Waals surface area contributed by atoms with Gasteiger partial charge in [0.25, 0.3) is 0 Å². The van der Waals surface area contributed by atoms with Gasteiger partial charge in [0.2, 0.25) is 5.88 Å². The van der Waals surface area contributed by atoms with Crippen molar-refractivity contribution in [2.24, 2.45) is 7.05 Å². The van der Waals surface area contributed by atoms with E-state index in [1.807, 2.05) is 20.0 Å². The Morgan fingerprint density at radius 2 is 2.03 bits per heavy atom. The lowest BCUT2D eigenvalue weighted by Gasteiger charge is -2.12. The number of aromatic carboxylic acids is 1. The van der Waals surface area contributed by atoms with Crippen LogP contribution in [0.2, 0.25) is 0 Å². The van der Waals surface area contributed by atoms with Gasteiger partial charge in [-0.25, -0.2) is 19.7 Å². The molecule has 0 amide bonds. The highest BCUT2D eigenvalue weighted by atomic mass is 16.5. The van der Waals surface area contributed by atoms with Crippen LogP contribution in [-0.2, 0) is 7.05 Å². The Morgan fingerprint density at radius 1 is 1.23 bits per heavy atom. The standard InChI is InChI=1S/C21H17N7O3/c1-11-6-13(8-22)23-9-16(11)31-18-7-15(19-20(27-18)28(3)10-24-19)26-17-5-4-14(21(29)30)12(2)25-17/h4-7,9-10H,1-3H3,(H,29,30)(H,25,26,27). The molecule has 4 aromatic rings. The molecule has 0 saturated carbocycles. The molecular formula is C21H17N7O3. The highest BCUT2D eigenvalue weighted by molar-refractivity contribution is 5.90. The summed E-state index contributed by atoms with van der Waals surface area (Å²) >= 11 is 0. The number of imidazole rings is 1. The molecule has 4 rings (SSSR count). The lowest BCUT2D eigenvalue weighted by molar-refractivity contribution is 0.0695. The number of nitriles is 1. The van der Waals surface area contributed by atoms with E-state index >= 15 is 0 Å². The molecule has 0 aliphatic carbocycles. The van der Waals surface area contributed by atoms with Crippen molar-refractivity contribution in [3.05, 3.63) is 59.3 Å². The Bertz CT molecular complexity index is 1370. The van der Waals surface area contributed by atoms with E-state index in [4.69, 9.17) is 10.00 Å². The minimum absolute atomic E-state index is 0.135. The Hall–Kier alpha value is -4.52. The fraction of sp³-hybridized carbons (Fsp3) is 0.143. The van der Waals surface area contributed by atoms with Crippen LogP contribution in [0, 0.1) is 25.2 Å². The minimum atomic E-state index is -1.03. The lowest BCUT2D eigenvalue weighted by Crippen LogP contribution is -2.04. The van der Waals surface area contributed by atoms with E-state index in [2.05, 4.69) is 25.3 Å². The quantitative estimate of drug-likeness (QED) is 0.501. The van der Waals surface area contributed by atoms with Crippen molar-refractivity contribution in [1.29, 1.82) is 5.26 Å². The van der Waals surface area contributed by atoms with Crippen LogP contribution in [0.5, 0.6) is 11.6 Å². The maximum Gasteiger partial charge on any atom is 0.337 e. The predicted octanol–water partition coefficient (Wildman–Crippen LogP) is 3.48. The van der Waals surface area contributed by atoms with Crippen LogP contribution in [0.1, 0.15) is 27.3 Å². The van der Waals surface area contributed by atoms with Gasteiger partial charge in [0, 0.05) is 13.1 Å². The molecule has 0 atom stereocenters. The number of ether oxygens (including phenoxy) is 1. The van der Waals surface area contributed by atoms with Crippen LogP contribution in [0.15, 0.2) is 36.8 Å². The molecule has 0 bridgehead atoms. The van der Waals surface area contributed by atoms with Gasteiger partial charge in [-0.15, -0.1) is 0 Å². The second-order valence-corrected chi connectivity index (χ2v) is 6.84. The van der Waals surface area contributed by atoms with Crippen LogP contribution in [0.25, 0.3) is 11.2 Å². The summed E-state index contributed by atoms with van der Waals surface area (Å²) in [4.78, 5) is 28.5.